The fourth-order valence-corrected chi connectivity index (χ4v) is 2.41. The highest BCUT2D eigenvalue weighted by Gasteiger charge is 2.03. The molecule has 0 aromatic heterocycles. The maximum absolute atomic E-state index is 13.5. The van der Waals surface area contributed by atoms with Gasteiger partial charge < -0.3 is 10.8 Å². The van der Waals surface area contributed by atoms with Gasteiger partial charge in [-0.3, -0.25) is 0 Å². The molecule has 0 saturated heterocycles. The molecule has 2 nitrogen and oxygen atoms in total. The van der Waals surface area contributed by atoms with Gasteiger partial charge in [0, 0.05) is 16.3 Å². The minimum Gasteiger partial charge on any atom is -0.399 e. The molecule has 0 bridgehead atoms. The van der Waals surface area contributed by atoms with Gasteiger partial charge in [-0.05, 0) is 29.3 Å². The number of aliphatic hydroxyl groups excluding tert-OH is 1. The lowest BCUT2D eigenvalue weighted by Crippen LogP contribution is -1.89. The Morgan fingerprint density at radius 1 is 1.06 bits per heavy atom. The maximum Gasteiger partial charge on any atom is 0.138 e. The second-order valence-corrected chi connectivity index (χ2v) is 4.97. The first-order chi connectivity index (χ1) is 8.69. The molecule has 18 heavy (non-hydrogen) atoms. The second-order valence-electron chi connectivity index (χ2n) is 3.95. The number of hydrogen-bond acceptors (Lipinski definition) is 3. The molecule has 0 fully saturated rings. The third kappa shape index (κ3) is 3.24. The summed E-state index contributed by atoms with van der Waals surface area (Å²) in [6.45, 7) is 0.0417. The Bertz CT molecular complexity index is 528. The smallest absolute Gasteiger partial charge is 0.138 e. The quantitative estimate of drug-likeness (QED) is 0.658. The van der Waals surface area contributed by atoms with Crippen LogP contribution in [0.4, 0.5) is 10.1 Å². The average molecular weight is 263 g/mol. The van der Waals surface area contributed by atoms with Gasteiger partial charge in [-0.15, -0.1) is 11.8 Å². The third-order valence-electron chi connectivity index (χ3n) is 2.56. The number of thioether (sulfide) groups is 1. The van der Waals surface area contributed by atoms with Crippen LogP contribution in [0.25, 0.3) is 0 Å². The van der Waals surface area contributed by atoms with Gasteiger partial charge >= 0.3 is 0 Å². The van der Waals surface area contributed by atoms with E-state index in [9.17, 15) is 4.39 Å². The summed E-state index contributed by atoms with van der Waals surface area (Å²) in [7, 11) is 0. The Kier molecular flexibility index (Phi) is 4.23. The molecular formula is C14H14FNOS. The van der Waals surface area contributed by atoms with Crippen molar-refractivity contribution in [1.29, 1.82) is 0 Å². The average Bonchev–Trinajstić information content (AvgIpc) is 2.38. The number of benzene rings is 2. The first-order valence-corrected chi connectivity index (χ1v) is 6.54. The number of aliphatic hydroxyl groups is 1. The van der Waals surface area contributed by atoms with E-state index in [1.165, 1.54) is 17.8 Å². The minimum atomic E-state index is -0.285. The molecule has 0 aliphatic heterocycles. The van der Waals surface area contributed by atoms with Gasteiger partial charge in [-0.1, -0.05) is 24.3 Å². The van der Waals surface area contributed by atoms with Crippen LogP contribution in [0.2, 0.25) is 0 Å². The van der Waals surface area contributed by atoms with E-state index in [0.717, 1.165) is 11.1 Å². The number of nitrogen functional groups attached to an aromatic ring is 1. The topological polar surface area (TPSA) is 46.2 Å². The normalized spacial score (nSPS) is 10.6. The van der Waals surface area contributed by atoms with E-state index in [-0.39, 0.29) is 12.4 Å². The molecule has 0 aliphatic rings. The van der Waals surface area contributed by atoms with E-state index in [4.69, 9.17) is 10.8 Å². The summed E-state index contributed by atoms with van der Waals surface area (Å²) in [5, 5.41) is 8.93. The van der Waals surface area contributed by atoms with Crippen LogP contribution in [0.5, 0.6) is 0 Å². The standard InChI is InChI=1S/C14H14FNOS/c15-13-7-12(16)5-6-14(13)18-9-11-3-1-10(8-17)2-4-11/h1-7,17H,8-9,16H2. The van der Waals surface area contributed by atoms with Crippen LogP contribution in [0.15, 0.2) is 47.4 Å². The predicted molar refractivity (Wildman–Crippen MR) is 72.7 cm³/mol. The molecule has 0 spiro atoms. The van der Waals surface area contributed by atoms with Crippen molar-refractivity contribution in [3.8, 4) is 0 Å². The minimum absolute atomic E-state index is 0.0417. The van der Waals surface area contributed by atoms with Gasteiger partial charge in [-0.25, -0.2) is 4.39 Å². The molecule has 2 aromatic rings. The zero-order valence-corrected chi connectivity index (χ0v) is 10.6. The molecule has 94 valence electrons. The van der Waals surface area contributed by atoms with Crippen LogP contribution in [0, 0.1) is 5.82 Å². The van der Waals surface area contributed by atoms with Crippen LogP contribution in [0.3, 0.4) is 0 Å². The second kappa shape index (κ2) is 5.89. The molecule has 0 unspecified atom stereocenters. The summed E-state index contributed by atoms with van der Waals surface area (Å²) in [5.74, 6) is 0.402. The first kappa shape index (κ1) is 12.9. The van der Waals surface area contributed by atoms with Crippen LogP contribution >= 0.6 is 11.8 Å². The zero-order valence-electron chi connectivity index (χ0n) is 9.77. The summed E-state index contributed by atoms with van der Waals surface area (Å²) in [5.41, 5.74) is 7.90. The number of halogens is 1. The summed E-state index contributed by atoms with van der Waals surface area (Å²) in [4.78, 5) is 0.593. The highest BCUT2D eigenvalue weighted by molar-refractivity contribution is 7.98. The van der Waals surface area contributed by atoms with Gasteiger partial charge in [0.25, 0.3) is 0 Å². The fraction of sp³-hybridized carbons (Fsp3) is 0.143. The van der Waals surface area contributed by atoms with E-state index < -0.39 is 0 Å². The molecule has 0 heterocycles. The largest absolute Gasteiger partial charge is 0.399 e. The Labute approximate surface area is 110 Å². The summed E-state index contributed by atoms with van der Waals surface area (Å²) in [6, 6.07) is 12.3. The van der Waals surface area contributed by atoms with Gasteiger partial charge in [0.05, 0.1) is 6.61 Å². The molecule has 0 amide bonds. The van der Waals surface area contributed by atoms with E-state index in [2.05, 4.69) is 0 Å². The van der Waals surface area contributed by atoms with E-state index in [0.29, 0.717) is 16.3 Å². The molecule has 3 N–H and O–H groups in total. The lowest BCUT2D eigenvalue weighted by molar-refractivity contribution is 0.282. The molecular weight excluding hydrogens is 249 g/mol. The Morgan fingerprint density at radius 2 is 1.72 bits per heavy atom. The van der Waals surface area contributed by atoms with E-state index in [1.807, 2.05) is 24.3 Å². The Balaban J connectivity index is 2.02. The molecule has 0 atom stereocenters. The number of anilines is 1. The highest BCUT2D eigenvalue weighted by Crippen LogP contribution is 2.26. The molecule has 2 aromatic carbocycles. The van der Waals surface area contributed by atoms with Gasteiger partial charge in [0.1, 0.15) is 5.82 Å². The van der Waals surface area contributed by atoms with Gasteiger partial charge in [0.2, 0.25) is 0 Å². The van der Waals surface area contributed by atoms with E-state index in [1.54, 1.807) is 12.1 Å². The number of nitrogens with two attached hydrogens (primary N) is 1. The number of rotatable bonds is 4. The fourth-order valence-electron chi connectivity index (χ4n) is 1.54. The van der Waals surface area contributed by atoms with Crippen molar-refractivity contribution in [1.82, 2.24) is 0 Å². The van der Waals surface area contributed by atoms with Crippen molar-refractivity contribution in [3.63, 3.8) is 0 Å². The zero-order chi connectivity index (χ0) is 13.0. The van der Waals surface area contributed by atoms with Crippen molar-refractivity contribution in [3.05, 3.63) is 59.4 Å². The summed E-state index contributed by atoms with van der Waals surface area (Å²) in [6.07, 6.45) is 0. The molecule has 0 saturated carbocycles. The molecule has 2 rings (SSSR count). The van der Waals surface area contributed by atoms with Crippen molar-refractivity contribution < 1.29 is 9.50 Å². The third-order valence-corrected chi connectivity index (χ3v) is 3.68. The van der Waals surface area contributed by atoms with Crippen molar-refractivity contribution in [2.45, 2.75) is 17.3 Å². The van der Waals surface area contributed by atoms with Crippen LogP contribution in [-0.4, -0.2) is 5.11 Å². The van der Waals surface area contributed by atoms with Crippen LogP contribution in [0.1, 0.15) is 11.1 Å². The SMILES string of the molecule is Nc1ccc(SCc2ccc(CO)cc2)c(F)c1. The van der Waals surface area contributed by atoms with Gasteiger partial charge in [0.15, 0.2) is 0 Å². The molecule has 4 heteroatoms. The molecule has 0 aliphatic carbocycles. The lowest BCUT2D eigenvalue weighted by Gasteiger charge is -2.05. The summed E-state index contributed by atoms with van der Waals surface area (Å²) < 4.78 is 13.5. The summed E-state index contributed by atoms with van der Waals surface area (Å²) >= 11 is 1.43. The predicted octanol–water partition coefficient (Wildman–Crippen LogP) is 3.19. The maximum atomic E-state index is 13.5. The van der Waals surface area contributed by atoms with Crippen LogP contribution in [-0.2, 0) is 12.4 Å². The van der Waals surface area contributed by atoms with E-state index >= 15 is 0 Å². The van der Waals surface area contributed by atoms with Crippen molar-refractivity contribution in [2.24, 2.45) is 0 Å². The monoisotopic (exact) mass is 263 g/mol. The van der Waals surface area contributed by atoms with Crippen molar-refractivity contribution in [2.75, 3.05) is 5.73 Å². The molecule has 0 radical (unpaired) electrons. The van der Waals surface area contributed by atoms with Crippen LogP contribution < -0.4 is 5.73 Å². The highest BCUT2D eigenvalue weighted by atomic mass is 32.2. The number of hydrogen-bond donors (Lipinski definition) is 2. The Hall–Kier alpha value is -1.52. The Morgan fingerprint density at radius 3 is 2.33 bits per heavy atom. The van der Waals surface area contributed by atoms with Gasteiger partial charge in [-0.2, -0.15) is 0 Å². The lowest BCUT2D eigenvalue weighted by atomic mass is 10.2. The first-order valence-electron chi connectivity index (χ1n) is 5.55. The van der Waals surface area contributed by atoms with Crippen molar-refractivity contribution >= 4 is 17.4 Å².